The van der Waals surface area contributed by atoms with Gasteiger partial charge in [0, 0.05) is 37.3 Å². The van der Waals surface area contributed by atoms with Crippen molar-refractivity contribution in [1.29, 1.82) is 0 Å². The maximum atomic E-state index is 12.7. The van der Waals surface area contributed by atoms with Gasteiger partial charge >= 0.3 is 6.09 Å². The number of fused-ring (bicyclic) bond motifs is 1. The molecular formula is C20H19N2O4-. The Morgan fingerprint density at radius 3 is 2.15 bits per heavy atom. The van der Waals surface area contributed by atoms with E-state index >= 15 is 0 Å². The van der Waals surface area contributed by atoms with Crippen molar-refractivity contribution < 1.29 is 19.4 Å². The molecule has 0 N–H and O–H groups in total. The Balaban J connectivity index is 1.82. The molecule has 2 aliphatic heterocycles. The summed E-state index contributed by atoms with van der Waals surface area (Å²) in [5.41, 5.74) is 0.786. The van der Waals surface area contributed by atoms with Crippen LogP contribution in [0.15, 0.2) is 60.7 Å². The molecule has 1 atom stereocenters. The van der Waals surface area contributed by atoms with Crippen LogP contribution in [0.5, 0.6) is 0 Å². The molecule has 0 spiro atoms. The van der Waals surface area contributed by atoms with Crippen LogP contribution in [0.2, 0.25) is 0 Å². The molecule has 1 unspecified atom stereocenters. The van der Waals surface area contributed by atoms with Crippen LogP contribution in [-0.4, -0.2) is 54.1 Å². The first kappa shape index (κ1) is 16.6. The van der Waals surface area contributed by atoms with Crippen LogP contribution in [0.3, 0.4) is 0 Å². The molecule has 0 aliphatic carbocycles. The van der Waals surface area contributed by atoms with Crippen LogP contribution >= 0.6 is 0 Å². The highest BCUT2D eigenvalue weighted by molar-refractivity contribution is 5.74. The van der Waals surface area contributed by atoms with E-state index < -0.39 is 11.6 Å². The summed E-state index contributed by atoms with van der Waals surface area (Å²) >= 11 is 0. The zero-order valence-corrected chi connectivity index (χ0v) is 14.2. The van der Waals surface area contributed by atoms with Gasteiger partial charge in [-0.15, -0.1) is 0 Å². The number of carboxylic acids is 1. The fraction of sp³-hybridized carbons (Fsp3) is 0.300. The lowest BCUT2D eigenvalue weighted by molar-refractivity contribution is -0.306. The standard InChI is InChI=1S/C20H20N2O4/c23-18(24)14-21-11-12-22-17(13-21)20(26-19(22)25,15-7-3-1-4-8-15)16-9-5-2-6-10-16/h1-10,17H,11-14H2,(H,23,24)/p-1. The smallest absolute Gasteiger partial charge is 0.411 e. The molecule has 2 aliphatic rings. The second kappa shape index (κ2) is 6.46. The summed E-state index contributed by atoms with van der Waals surface area (Å²) in [5.74, 6) is -1.12. The fourth-order valence-corrected chi connectivity index (χ4v) is 4.04. The fourth-order valence-electron chi connectivity index (χ4n) is 4.04. The molecule has 0 bridgehead atoms. The number of nitrogens with zero attached hydrogens (tertiary/aromatic N) is 2. The van der Waals surface area contributed by atoms with Crippen molar-refractivity contribution in [2.75, 3.05) is 26.2 Å². The normalized spacial score (nSPS) is 21.9. The van der Waals surface area contributed by atoms with E-state index in [1.807, 2.05) is 60.7 Å². The number of hydrogen-bond donors (Lipinski definition) is 0. The second-order valence-corrected chi connectivity index (χ2v) is 6.65. The molecule has 0 saturated carbocycles. The topological polar surface area (TPSA) is 72.9 Å². The first-order valence-corrected chi connectivity index (χ1v) is 8.64. The molecule has 1 amide bonds. The minimum absolute atomic E-state index is 0.155. The lowest BCUT2D eigenvalue weighted by atomic mass is 9.79. The Hall–Kier alpha value is -2.86. The minimum Gasteiger partial charge on any atom is -0.549 e. The number of carboxylic acid groups (broad SMARTS) is 1. The van der Waals surface area contributed by atoms with Gasteiger partial charge in [0.15, 0.2) is 5.60 Å². The lowest BCUT2D eigenvalue weighted by Crippen LogP contribution is -2.58. The molecule has 2 saturated heterocycles. The van der Waals surface area contributed by atoms with E-state index in [1.54, 1.807) is 9.80 Å². The third-order valence-electron chi connectivity index (χ3n) is 5.17. The predicted molar refractivity (Wildman–Crippen MR) is 92.1 cm³/mol. The molecule has 6 heteroatoms. The van der Waals surface area contributed by atoms with Crippen molar-refractivity contribution in [2.45, 2.75) is 11.6 Å². The first-order chi connectivity index (χ1) is 12.6. The maximum absolute atomic E-state index is 12.7. The highest BCUT2D eigenvalue weighted by atomic mass is 16.6. The van der Waals surface area contributed by atoms with Crippen LogP contribution < -0.4 is 5.11 Å². The SMILES string of the molecule is O=C([O-])CN1CCN2C(=O)OC(c3ccccc3)(c3ccccc3)C2C1. The Kier molecular flexibility index (Phi) is 4.12. The molecule has 4 rings (SSSR count). The summed E-state index contributed by atoms with van der Waals surface area (Å²) in [4.78, 5) is 27.2. The van der Waals surface area contributed by atoms with E-state index in [4.69, 9.17) is 4.74 Å². The quantitative estimate of drug-likeness (QED) is 0.815. The molecule has 2 aromatic rings. The number of hydrogen-bond acceptors (Lipinski definition) is 5. The number of ether oxygens (including phenoxy) is 1. The Morgan fingerprint density at radius 1 is 1.04 bits per heavy atom. The van der Waals surface area contributed by atoms with Crippen molar-refractivity contribution in [3.63, 3.8) is 0 Å². The molecule has 0 radical (unpaired) electrons. The maximum Gasteiger partial charge on any atom is 0.411 e. The van der Waals surface area contributed by atoms with Crippen molar-refractivity contribution in [2.24, 2.45) is 0 Å². The summed E-state index contributed by atoms with van der Waals surface area (Å²) in [7, 11) is 0. The van der Waals surface area contributed by atoms with Gasteiger partial charge in [-0.25, -0.2) is 4.79 Å². The number of aliphatic carboxylic acids is 1. The highest BCUT2D eigenvalue weighted by Crippen LogP contribution is 2.45. The summed E-state index contributed by atoms with van der Waals surface area (Å²) in [6.07, 6.45) is -0.365. The van der Waals surface area contributed by atoms with E-state index in [9.17, 15) is 14.7 Å². The second-order valence-electron chi connectivity index (χ2n) is 6.65. The average molecular weight is 351 g/mol. The van der Waals surface area contributed by atoms with Gasteiger partial charge < -0.3 is 14.6 Å². The van der Waals surface area contributed by atoms with Gasteiger partial charge in [0.05, 0.1) is 12.0 Å². The summed E-state index contributed by atoms with van der Waals surface area (Å²) in [6, 6.07) is 19.0. The molecular weight excluding hydrogens is 332 g/mol. The Morgan fingerprint density at radius 2 is 1.62 bits per heavy atom. The van der Waals surface area contributed by atoms with Crippen molar-refractivity contribution in [1.82, 2.24) is 9.80 Å². The largest absolute Gasteiger partial charge is 0.549 e. The highest BCUT2D eigenvalue weighted by Gasteiger charge is 2.57. The molecule has 2 fully saturated rings. The lowest BCUT2D eigenvalue weighted by Gasteiger charge is -2.42. The molecule has 6 nitrogen and oxygen atoms in total. The molecule has 2 heterocycles. The van der Waals surface area contributed by atoms with Gasteiger partial charge in [0.25, 0.3) is 0 Å². The molecule has 134 valence electrons. The van der Waals surface area contributed by atoms with E-state index in [2.05, 4.69) is 0 Å². The van der Waals surface area contributed by atoms with Crippen LogP contribution in [0.25, 0.3) is 0 Å². The molecule has 26 heavy (non-hydrogen) atoms. The number of carbonyl (C=O) groups excluding carboxylic acids is 2. The third-order valence-corrected chi connectivity index (χ3v) is 5.17. The van der Waals surface area contributed by atoms with Crippen molar-refractivity contribution >= 4 is 12.1 Å². The molecule has 2 aromatic carbocycles. The summed E-state index contributed by atoms with van der Waals surface area (Å²) in [5, 5.41) is 11.1. The monoisotopic (exact) mass is 351 g/mol. The average Bonchev–Trinajstić information content (AvgIpc) is 2.96. The van der Waals surface area contributed by atoms with Gasteiger partial charge in [-0.3, -0.25) is 9.80 Å². The van der Waals surface area contributed by atoms with E-state index in [1.165, 1.54) is 0 Å². The van der Waals surface area contributed by atoms with Crippen molar-refractivity contribution in [3.8, 4) is 0 Å². The first-order valence-electron chi connectivity index (χ1n) is 8.64. The van der Waals surface area contributed by atoms with Crippen LogP contribution in [0.1, 0.15) is 11.1 Å². The Labute approximate surface area is 151 Å². The minimum atomic E-state index is -1.12. The van der Waals surface area contributed by atoms with Gasteiger partial charge in [0.1, 0.15) is 0 Å². The van der Waals surface area contributed by atoms with E-state index in [0.717, 1.165) is 11.1 Å². The Bertz CT molecular complexity index is 770. The number of cyclic esters (lactones) is 1. The van der Waals surface area contributed by atoms with Gasteiger partial charge in [0.2, 0.25) is 0 Å². The van der Waals surface area contributed by atoms with E-state index in [-0.39, 0.29) is 18.7 Å². The molecule has 0 aromatic heterocycles. The summed E-state index contributed by atoms with van der Waals surface area (Å²) in [6.45, 7) is 1.17. The number of piperazine rings is 1. The van der Waals surface area contributed by atoms with Gasteiger partial charge in [-0.05, 0) is 0 Å². The number of carbonyl (C=O) groups is 2. The van der Waals surface area contributed by atoms with Crippen LogP contribution in [0, 0.1) is 0 Å². The third kappa shape index (κ3) is 2.63. The van der Waals surface area contributed by atoms with Crippen molar-refractivity contribution in [3.05, 3.63) is 71.8 Å². The predicted octanol–water partition coefficient (Wildman–Crippen LogP) is 0.817. The van der Waals surface area contributed by atoms with E-state index in [0.29, 0.717) is 19.6 Å². The van der Waals surface area contributed by atoms with Crippen LogP contribution in [0.4, 0.5) is 4.79 Å². The van der Waals surface area contributed by atoms with Gasteiger partial charge in [-0.1, -0.05) is 60.7 Å². The zero-order chi connectivity index (χ0) is 18.1. The number of rotatable bonds is 4. The number of benzene rings is 2. The van der Waals surface area contributed by atoms with Crippen LogP contribution in [-0.2, 0) is 15.1 Å². The number of amides is 1. The zero-order valence-electron chi connectivity index (χ0n) is 14.2. The summed E-state index contributed by atoms with van der Waals surface area (Å²) < 4.78 is 6.02. The van der Waals surface area contributed by atoms with Gasteiger partial charge in [-0.2, -0.15) is 0 Å².